The lowest BCUT2D eigenvalue weighted by Gasteiger charge is -2.08. The molecule has 0 radical (unpaired) electrons. The van der Waals surface area contributed by atoms with Crippen molar-refractivity contribution in [3.63, 3.8) is 0 Å². The van der Waals surface area contributed by atoms with Crippen molar-refractivity contribution in [2.75, 3.05) is 7.11 Å². The molecule has 0 bridgehead atoms. The lowest BCUT2D eigenvalue weighted by molar-refractivity contribution is -0.386. The van der Waals surface area contributed by atoms with Crippen LogP contribution in [0.15, 0.2) is 42.5 Å². The lowest BCUT2D eigenvalue weighted by Crippen LogP contribution is -2.00. The number of alkyl halides is 1. The van der Waals surface area contributed by atoms with Crippen molar-refractivity contribution in [3.8, 4) is 11.5 Å². The van der Waals surface area contributed by atoms with E-state index in [9.17, 15) is 10.1 Å². The molecule has 0 unspecified atom stereocenters. The Labute approximate surface area is 130 Å². The topological polar surface area (TPSA) is 61.6 Å². The first-order valence-corrected chi connectivity index (χ1v) is 7.35. The molecule has 0 aliphatic heterocycles. The van der Waals surface area contributed by atoms with Crippen LogP contribution >= 0.6 is 15.9 Å². The predicted octanol–water partition coefficient (Wildman–Crippen LogP) is 4.08. The third kappa shape index (κ3) is 3.95. The van der Waals surface area contributed by atoms with Gasteiger partial charge >= 0.3 is 5.69 Å². The second-order valence-corrected chi connectivity index (χ2v) is 4.89. The summed E-state index contributed by atoms with van der Waals surface area (Å²) in [7, 11) is 1.60. The molecule has 21 heavy (non-hydrogen) atoms. The Morgan fingerprint density at radius 1 is 1.14 bits per heavy atom. The number of ether oxygens (including phenoxy) is 2. The molecule has 0 atom stereocenters. The molecule has 0 aromatic heterocycles. The Hall–Kier alpha value is -2.08. The zero-order valence-electron chi connectivity index (χ0n) is 11.4. The lowest BCUT2D eigenvalue weighted by atomic mass is 10.2. The second kappa shape index (κ2) is 7.08. The number of benzene rings is 2. The van der Waals surface area contributed by atoms with Gasteiger partial charge in [-0.1, -0.05) is 34.1 Å². The van der Waals surface area contributed by atoms with Crippen LogP contribution in [-0.4, -0.2) is 12.0 Å². The highest BCUT2D eigenvalue weighted by atomic mass is 79.9. The van der Waals surface area contributed by atoms with Crippen molar-refractivity contribution in [1.29, 1.82) is 0 Å². The molecule has 0 saturated heterocycles. The molecule has 0 aliphatic rings. The zero-order chi connectivity index (χ0) is 15.2. The van der Waals surface area contributed by atoms with E-state index < -0.39 is 4.92 Å². The number of nitro benzene ring substituents is 1. The second-order valence-electron chi connectivity index (χ2n) is 4.33. The van der Waals surface area contributed by atoms with Gasteiger partial charge in [0, 0.05) is 11.4 Å². The molecule has 110 valence electrons. The summed E-state index contributed by atoms with van der Waals surface area (Å²) in [6, 6.07) is 12.3. The zero-order valence-corrected chi connectivity index (χ0v) is 13.0. The molecule has 0 fully saturated rings. The Balaban J connectivity index is 2.13. The Morgan fingerprint density at radius 2 is 1.81 bits per heavy atom. The number of nitro groups is 1. The number of rotatable bonds is 6. The van der Waals surface area contributed by atoms with Gasteiger partial charge in [0.2, 0.25) is 0 Å². The van der Waals surface area contributed by atoms with Crippen molar-refractivity contribution in [3.05, 3.63) is 63.7 Å². The maximum atomic E-state index is 11.1. The molecule has 5 nitrogen and oxygen atoms in total. The van der Waals surface area contributed by atoms with Gasteiger partial charge in [0.1, 0.15) is 12.4 Å². The van der Waals surface area contributed by atoms with Gasteiger partial charge < -0.3 is 9.47 Å². The quantitative estimate of drug-likeness (QED) is 0.447. The van der Waals surface area contributed by atoms with E-state index in [4.69, 9.17) is 9.47 Å². The predicted molar refractivity (Wildman–Crippen MR) is 83.1 cm³/mol. The van der Waals surface area contributed by atoms with E-state index in [1.807, 2.05) is 24.3 Å². The number of halogens is 1. The summed E-state index contributed by atoms with van der Waals surface area (Å²) in [5, 5.41) is 11.6. The molecule has 0 saturated carbocycles. The molecular formula is C15H14BrNO4. The van der Waals surface area contributed by atoms with Crippen molar-refractivity contribution >= 4 is 21.6 Å². The minimum Gasteiger partial charge on any atom is -0.497 e. The van der Waals surface area contributed by atoms with E-state index in [2.05, 4.69) is 15.9 Å². The maximum Gasteiger partial charge on any atom is 0.311 e. The third-order valence-electron chi connectivity index (χ3n) is 2.93. The molecule has 0 N–H and O–H groups in total. The summed E-state index contributed by atoms with van der Waals surface area (Å²) in [5.41, 5.74) is 1.72. The summed E-state index contributed by atoms with van der Waals surface area (Å²) < 4.78 is 10.6. The third-order valence-corrected chi connectivity index (χ3v) is 3.58. The summed E-state index contributed by atoms with van der Waals surface area (Å²) in [5.74, 6) is 1.02. The van der Waals surface area contributed by atoms with E-state index in [0.29, 0.717) is 5.33 Å². The minimum atomic E-state index is -0.435. The van der Waals surface area contributed by atoms with Crippen molar-refractivity contribution in [1.82, 2.24) is 0 Å². The molecule has 0 aliphatic carbocycles. The molecular weight excluding hydrogens is 338 g/mol. The maximum absolute atomic E-state index is 11.1. The van der Waals surface area contributed by atoms with Crippen LogP contribution in [-0.2, 0) is 11.9 Å². The largest absolute Gasteiger partial charge is 0.497 e. The van der Waals surface area contributed by atoms with Gasteiger partial charge in [-0.3, -0.25) is 10.1 Å². The normalized spacial score (nSPS) is 10.2. The summed E-state index contributed by atoms with van der Waals surface area (Å²) in [6.07, 6.45) is 0. The van der Waals surface area contributed by atoms with E-state index in [1.165, 1.54) is 6.07 Å². The first kappa shape index (κ1) is 15.3. The summed E-state index contributed by atoms with van der Waals surface area (Å²) in [4.78, 5) is 10.6. The summed E-state index contributed by atoms with van der Waals surface area (Å²) >= 11 is 3.28. The van der Waals surface area contributed by atoms with Crippen LogP contribution in [0.2, 0.25) is 0 Å². The van der Waals surface area contributed by atoms with Gasteiger partial charge in [0.15, 0.2) is 5.75 Å². The Kier molecular flexibility index (Phi) is 5.16. The fourth-order valence-corrected chi connectivity index (χ4v) is 2.14. The fraction of sp³-hybridized carbons (Fsp3) is 0.200. The molecule has 0 spiro atoms. The molecule has 6 heteroatoms. The van der Waals surface area contributed by atoms with Crippen LogP contribution in [0.1, 0.15) is 11.1 Å². The average Bonchev–Trinajstić information content (AvgIpc) is 2.53. The first-order chi connectivity index (χ1) is 10.1. The van der Waals surface area contributed by atoms with Gasteiger partial charge in [-0.2, -0.15) is 0 Å². The van der Waals surface area contributed by atoms with Gasteiger partial charge in [0.25, 0.3) is 0 Å². The van der Waals surface area contributed by atoms with Crippen LogP contribution in [0.5, 0.6) is 11.5 Å². The average molecular weight is 352 g/mol. The van der Waals surface area contributed by atoms with Gasteiger partial charge in [-0.15, -0.1) is 0 Å². The van der Waals surface area contributed by atoms with Crippen molar-refractivity contribution in [2.45, 2.75) is 11.9 Å². The minimum absolute atomic E-state index is 0.0274. The van der Waals surface area contributed by atoms with Gasteiger partial charge in [-0.05, 0) is 29.3 Å². The fourth-order valence-electron chi connectivity index (χ4n) is 1.79. The monoisotopic (exact) mass is 351 g/mol. The Bertz CT molecular complexity index is 628. The van der Waals surface area contributed by atoms with Crippen molar-refractivity contribution in [2.24, 2.45) is 0 Å². The number of hydrogen-bond donors (Lipinski definition) is 0. The number of hydrogen-bond acceptors (Lipinski definition) is 4. The smallest absolute Gasteiger partial charge is 0.311 e. The van der Waals surface area contributed by atoms with Crippen LogP contribution in [0.3, 0.4) is 0 Å². The van der Waals surface area contributed by atoms with E-state index >= 15 is 0 Å². The first-order valence-electron chi connectivity index (χ1n) is 6.23. The molecule has 2 aromatic rings. The molecule has 2 rings (SSSR count). The Morgan fingerprint density at radius 3 is 2.38 bits per heavy atom. The molecule has 2 aromatic carbocycles. The van der Waals surface area contributed by atoms with Crippen LogP contribution in [0.25, 0.3) is 0 Å². The highest BCUT2D eigenvalue weighted by Crippen LogP contribution is 2.29. The number of nitrogens with zero attached hydrogens (tertiary/aromatic N) is 1. The van der Waals surface area contributed by atoms with E-state index in [0.717, 1.165) is 16.9 Å². The van der Waals surface area contributed by atoms with E-state index in [1.54, 1.807) is 19.2 Å². The number of methoxy groups -OCH3 is 1. The van der Waals surface area contributed by atoms with Gasteiger partial charge in [-0.25, -0.2) is 0 Å². The van der Waals surface area contributed by atoms with Gasteiger partial charge in [0.05, 0.1) is 12.0 Å². The van der Waals surface area contributed by atoms with E-state index in [-0.39, 0.29) is 18.0 Å². The van der Waals surface area contributed by atoms with Crippen LogP contribution in [0.4, 0.5) is 5.69 Å². The van der Waals surface area contributed by atoms with Crippen LogP contribution in [0, 0.1) is 10.1 Å². The summed E-state index contributed by atoms with van der Waals surface area (Å²) in [6.45, 7) is 0.262. The molecule has 0 amide bonds. The highest BCUT2D eigenvalue weighted by molar-refractivity contribution is 9.08. The standard InChI is InChI=1S/C15H14BrNO4/c1-20-13-5-2-11(3-6-13)10-21-15-7-4-12(9-16)8-14(15)17(18)19/h2-8H,9-10H2,1H3. The van der Waals surface area contributed by atoms with Crippen LogP contribution < -0.4 is 9.47 Å². The molecule has 0 heterocycles. The van der Waals surface area contributed by atoms with Crippen molar-refractivity contribution < 1.29 is 14.4 Å². The highest BCUT2D eigenvalue weighted by Gasteiger charge is 2.15. The SMILES string of the molecule is COc1ccc(COc2ccc(CBr)cc2[N+](=O)[O-])cc1.